The molecule has 1 aliphatic rings. The number of H-pyrrole nitrogens is 2. The molecule has 0 fully saturated rings. The highest BCUT2D eigenvalue weighted by molar-refractivity contribution is 5.85. The van der Waals surface area contributed by atoms with Crippen molar-refractivity contribution in [2.45, 2.75) is 13.0 Å². The second-order valence-corrected chi connectivity index (χ2v) is 2.46. The molecule has 0 aromatic carbocycles. The molecule has 0 bridgehead atoms. The van der Waals surface area contributed by atoms with Crippen LogP contribution in [0.5, 0.6) is 0 Å². The number of hydrogen-bond acceptors (Lipinski definition) is 2. The molecule has 0 saturated heterocycles. The minimum atomic E-state index is 0. The molecule has 1 aromatic heterocycles. The molecule has 0 aliphatic carbocycles. The summed E-state index contributed by atoms with van der Waals surface area (Å²) in [5, 5.41) is 8.53. The molecule has 2 heterocycles. The van der Waals surface area contributed by atoms with Crippen molar-refractivity contribution in [2.24, 2.45) is 0 Å². The molecule has 0 atom stereocenters. The molecule has 62 valence electrons. The van der Waals surface area contributed by atoms with Gasteiger partial charge in [0.15, 0.2) is 0 Å². The highest BCUT2D eigenvalue weighted by Crippen LogP contribution is 2.03. The largest absolute Gasteiger partial charge is 0.312 e. The molecule has 3 N–H and O–H groups in total. The van der Waals surface area contributed by atoms with E-state index in [0.717, 1.165) is 24.2 Å². The Labute approximate surface area is 69.8 Å². The standard InChI is InChI=1S/C6H9N3O.ClH/c10-6-4-3-7-2-1-5(4)8-9-6;/h7H,1-3H2,(H2,8,9,10);1H. The second kappa shape index (κ2) is 3.11. The lowest BCUT2D eigenvalue weighted by atomic mass is 10.1. The highest BCUT2D eigenvalue weighted by atomic mass is 35.5. The molecular weight excluding hydrogens is 166 g/mol. The Kier molecular flexibility index (Phi) is 2.36. The number of fused-ring (bicyclic) bond motifs is 1. The van der Waals surface area contributed by atoms with Crippen molar-refractivity contribution in [3.05, 3.63) is 21.6 Å². The van der Waals surface area contributed by atoms with Gasteiger partial charge in [-0.05, 0) is 0 Å². The van der Waals surface area contributed by atoms with Crippen LogP contribution in [0.2, 0.25) is 0 Å². The quantitative estimate of drug-likeness (QED) is 0.510. The zero-order chi connectivity index (χ0) is 6.97. The van der Waals surface area contributed by atoms with E-state index in [1.54, 1.807) is 0 Å². The third kappa shape index (κ3) is 1.32. The second-order valence-electron chi connectivity index (χ2n) is 2.46. The molecule has 0 radical (unpaired) electrons. The van der Waals surface area contributed by atoms with Crippen LogP contribution in [0, 0.1) is 0 Å². The van der Waals surface area contributed by atoms with Gasteiger partial charge in [0.05, 0.1) is 5.56 Å². The molecular formula is C6H10ClN3O. The van der Waals surface area contributed by atoms with Crippen LogP contribution in [0.1, 0.15) is 11.3 Å². The summed E-state index contributed by atoms with van der Waals surface area (Å²) in [7, 11) is 0. The highest BCUT2D eigenvalue weighted by Gasteiger charge is 2.12. The van der Waals surface area contributed by atoms with Crippen LogP contribution in [0.4, 0.5) is 0 Å². The average Bonchev–Trinajstić information content (AvgIpc) is 2.34. The van der Waals surface area contributed by atoms with Crippen LogP contribution >= 0.6 is 12.4 Å². The maximum Gasteiger partial charge on any atom is 0.268 e. The lowest BCUT2D eigenvalue weighted by Crippen LogP contribution is -2.26. The van der Waals surface area contributed by atoms with Crippen molar-refractivity contribution in [3.8, 4) is 0 Å². The Morgan fingerprint density at radius 1 is 1.27 bits per heavy atom. The van der Waals surface area contributed by atoms with Gasteiger partial charge in [0.2, 0.25) is 0 Å². The number of aromatic amines is 2. The lowest BCUT2D eigenvalue weighted by Gasteiger charge is -2.09. The summed E-state index contributed by atoms with van der Waals surface area (Å²) in [5.74, 6) is 0. The van der Waals surface area contributed by atoms with Crippen LogP contribution in [-0.4, -0.2) is 16.7 Å². The summed E-state index contributed by atoms with van der Waals surface area (Å²) in [5.41, 5.74) is 1.94. The van der Waals surface area contributed by atoms with E-state index in [1.165, 1.54) is 0 Å². The van der Waals surface area contributed by atoms with E-state index >= 15 is 0 Å². The topological polar surface area (TPSA) is 60.7 Å². The Morgan fingerprint density at radius 3 is 2.82 bits per heavy atom. The fraction of sp³-hybridized carbons (Fsp3) is 0.500. The van der Waals surface area contributed by atoms with Crippen molar-refractivity contribution >= 4 is 12.4 Å². The van der Waals surface area contributed by atoms with E-state index in [9.17, 15) is 4.79 Å². The van der Waals surface area contributed by atoms with Crippen LogP contribution in [0.3, 0.4) is 0 Å². The SMILES string of the molecule is Cl.O=c1[nH][nH]c2c1CNCC2. The fourth-order valence-electron chi connectivity index (χ4n) is 1.25. The predicted octanol–water partition coefficient (Wildman–Crippen LogP) is -0.230. The molecule has 0 saturated carbocycles. The molecule has 5 heteroatoms. The molecule has 0 spiro atoms. The monoisotopic (exact) mass is 175 g/mol. The van der Waals surface area contributed by atoms with E-state index < -0.39 is 0 Å². The van der Waals surface area contributed by atoms with Crippen molar-refractivity contribution in [1.82, 2.24) is 15.5 Å². The summed E-state index contributed by atoms with van der Waals surface area (Å²) in [4.78, 5) is 10.9. The van der Waals surface area contributed by atoms with E-state index in [4.69, 9.17) is 0 Å². The molecule has 1 aliphatic heterocycles. The van der Waals surface area contributed by atoms with Gasteiger partial charge in [-0.1, -0.05) is 0 Å². The van der Waals surface area contributed by atoms with Crippen molar-refractivity contribution in [3.63, 3.8) is 0 Å². The first-order chi connectivity index (χ1) is 4.88. The predicted molar refractivity (Wildman–Crippen MR) is 44.1 cm³/mol. The maximum absolute atomic E-state index is 10.9. The zero-order valence-corrected chi connectivity index (χ0v) is 6.75. The molecule has 1 aromatic rings. The van der Waals surface area contributed by atoms with Crippen LogP contribution in [0.15, 0.2) is 4.79 Å². The van der Waals surface area contributed by atoms with Gasteiger partial charge in [0.1, 0.15) is 0 Å². The average molecular weight is 176 g/mol. The Balaban J connectivity index is 0.000000605. The van der Waals surface area contributed by atoms with Gasteiger partial charge >= 0.3 is 0 Å². The number of rotatable bonds is 0. The smallest absolute Gasteiger partial charge is 0.268 e. The van der Waals surface area contributed by atoms with E-state index in [2.05, 4.69) is 15.5 Å². The Bertz CT molecular complexity index is 290. The summed E-state index contributed by atoms with van der Waals surface area (Å²) in [6.45, 7) is 1.66. The van der Waals surface area contributed by atoms with E-state index in [1.807, 2.05) is 0 Å². The molecule has 2 rings (SSSR count). The third-order valence-corrected chi connectivity index (χ3v) is 1.82. The van der Waals surface area contributed by atoms with Crippen molar-refractivity contribution in [1.29, 1.82) is 0 Å². The Morgan fingerprint density at radius 2 is 2.09 bits per heavy atom. The van der Waals surface area contributed by atoms with Crippen LogP contribution in [-0.2, 0) is 13.0 Å². The van der Waals surface area contributed by atoms with Gasteiger partial charge in [-0.3, -0.25) is 9.89 Å². The first-order valence-electron chi connectivity index (χ1n) is 3.37. The summed E-state index contributed by atoms with van der Waals surface area (Å²) < 4.78 is 0. The van der Waals surface area contributed by atoms with E-state index in [-0.39, 0.29) is 18.0 Å². The van der Waals surface area contributed by atoms with Crippen LogP contribution < -0.4 is 10.9 Å². The van der Waals surface area contributed by atoms with Crippen molar-refractivity contribution in [2.75, 3.05) is 6.54 Å². The molecule has 0 amide bonds. The number of hydrogen-bond donors (Lipinski definition) is 3. The van der Waals surface area contributed by atoms with Gasteiger partial charge in [-0.15, -0.1) is 12.4 Å². The zero-order valence-electron chi connectivity index (χ0n) is 5.94. The van der Waals surface area contributed by atoms with E-state index in [0.29, 0.717) is 6.54 Å². The molecule has 4 nitrogen and oxygen atoms in total. The maximum atomic E-state index is 10.9. The molecule has 0 unspecified atom stereocenters. The lowest BCUT2D eigenvalue weighted by molar-refractivity contribution is 0.635. The Hall–Kier alpha value is -0.740. The summed E-state index contributed by atoms with van der Waals surface area (Å²) >= 11 is 0. The number of nitrogens with one attached hydrogen (secondary N) is 3. The van der Waals surface area contributed by atoms with Gasteiger partial charge in [0, 0.05) is 25.2 Å². The minimum absolute atomic E-state index is 0. The molecule has 11 heavy (non-hydrogen) atoms. The van der Waals surface area contributed by atoms with Gasteiger partial charge in [-0.25, -0.2) is 0 Å². The minimum Gasteiger partial charge on any atom is -0.312 e. The van der Waals surface area contributed by atoms with Crippen LogP contribution in [0.25, 0.3) is 0 Å². The normalized spacial score (nSPS) is 15.3. The number of halogens is 1. The van der Waals surface area contributed by atoms with Gasteiger partial charge < -0.3 is 10.4 Å². The third-order valence-electron chi connectivity index (χ3n) is 1.82. The summed E-state index contributed by atoms with van der Waals surface area (Å²) in [6, 6.07) is 0. The van der Waals surface area contributed by atoms with Gasteiger partial charge in [0.25, 0.3) is 5.56 Å². The first-order valence-corrected chi connectivity index (χ1v) is 3.37. The van der Waals surface area contributed by atoms with Gasteiger partial charge in [-0.2, -0.15) is 0 Å². The number of aromatic nitrogens is 2. The fourth-order valence-corrected chi connectivity index (χ4v) is 1.25. The summed E-state index contributed by atoms with van der Waals surface area (Å²) in [6.07, 6.45) is 0.925. The van der Waals surface area contributed by atoms with Crippen molar-refractivity contribution < 1.29 is 0 Å². The first kappa shape index (κ1) is 8.36.